The van der Waals surface area contributed by atoms with E-state index < -0.39 is 7.82 Å². The molecule has 0 amide bonds. The minimum atomic E-state index is -4.08. The molecule has 1 atom stereocenters. The highest BCUT2D eigenvalue weighted by atomic mass is 31.2. The Hall–Kier alpha value is -1.65. The predicted octanol–water partition coefficient (Wildman–Crippen LogP) is 9.64. The molecule has 0 spiro atoms. The van der Waals surface area contributed by atoms with E-state index in [1.807, 2.05) is 12.1 Å². The Kier molecular flexibility index (Phi) is 18.2. The van der Waals surface area contributed by atoms with Crippen molar-refractivity contribution in [2.75, 3.05) is 19.8 Å². The standard InChI is InChI=1S/C33H53O5P/c1-3-5-7-9-11-13-16-30-19-21-32(22-20-30)18-15-27-37-39(34,35)38-29-28-36-33-25-23-31(24-26-33)17-14-12-10-8-6-4-2/h19-26H,3-18,27-29H2,1-2H3,(H,34,35). The van der Waals surface area contributed by atoms with Crippen LogP contribution in [0.15, 0.2) is 48.5 Å². The molecular formula is C33H53O5P. The smallest absolute Gasteiger partial charge is 0.472 e. The van der Waals surface area contributed by atoms with Crippen molar-refractivity contribution in [3.63, 3.8) is 0 Å². The Morgan fingerprint density at radius 2 is 0.949 bits per heavy atom. The summed E-state index contributed by atoms with van der Waals surface area (Å²) in [6.07, 6.45) is 19.3. The molecule has 220 valence electrons. The van der Waals surface area contributed by atoms with Gasteiger partial charge in [0.25, 0.3) is 0 Å². The van der Waals surface area contributed by atoms with Crippen molar-refractivity contribution in [2.45, 2.75) is 117 Å². The molecule has 0 saturated carbocycles. The Balaban J connectivity index is 1.52. The van der Waals surface area contributed by atoms with Gasteiger partial charge < -0.3 is 9.63 Å². The summed E-state index contributed by atoms with van der Waals surface area (Å²) >= 11 is 0. The van der Waals surface area contributed by atoms with Gasteiger partial charge in [-0.1, -0.05) is 114 Å². The van der Waals surface area contributed by atoms with Gasteiger partial charge in [-0.15, -0.1) is 0 Å². The van der Waals surface area contributed by atoms with Gasteiger partial charge in [-0.3, -0.25) is 9.05 Å². The maximum absolute atomic E-state index is 12.1. The molecule has 0 aliphatic rings. The topological polar surface area (TPSA) is 65.0 Å². The summed E-state index contributed by atoms with van der Waals surface area (Å²) in [6, 6.07) is 16.8. The first-order valence-electron chi connectivity index (χ1n) is 15.4. The third kappa shape index (κ3) is 16.9. The quantitative estimate of drug-likeness (QED) is 0.102. The average molecular weight is 561 g/mol. The van der Waals surface area contributed by atoms with Gasteiger partial charge in [0.05, 0.1) is 13.2 Å². The first kappa shape index (κ1) is 33.6. The van der Waals surface area contributed by atoms with E-state index in [2.05, 4.69) is 50.2 Å². The van der Waals surface area contributed by atoms with Crippen molar-refractivity contribution < 1.29 is 23.2 Å². The number of ether oxygens (including phenoxy) is 1. The van der Waals surface area contributed by atoms with Gasteiger partial charge in [0.1, 0.15) is 12.4 Å². The molecule has 0 aliphatic heterocycles. The lowest BCUT2D eigenvalue weighted by molar-refractivity contribution is 0.128. The van der Waals surface area contributed by atoms with Crippen LogP contribution in [-0.2, 0) is 32.9 Å². The number of hydrogen-bond acceptors (Lipinski definition) is 4. The summed E-state index contributed by atoms with van der Waals surface area (Å²) in [5, 5.41) is 0. The number of phosphoric acid groups is 1. The Bertz CT molecular complexity index is 826. The lowest BCUT2D eigenvalue weighted by atomic mass is 10.0. The van der Waals surface area contributed by atoms with E-state index in [9.17, 15) is 9.46 Å². The number of benzene rings is 2. The molecule has 2 aromatic carbocycles. The molecule has 0 bridgehead atoms. The molecule has 2 aromatic rings. The fourth-order valence-corrected chi connectivity index (χ4v) is 5.39. The van der Waals surface area contributed by atoms with E-state index in [1.165, 1.54) is 93.7 Å². The second-order valence-corrected chi connectivity index (χ2v) is 12.0. The van der Waals surface area contributed by atoms with Crippen molar-refractivity contribution in [1.82, 2.24) is 0 Å². The summed E-state index contributed by atoms with van der Waals surface area (Å²) in [5.74, 6) is 0.733. The molecule has 0 saturated heterocycles. The van der Waals surface area contributed by atoms with Crippen LogP contribution in [0.5, 0.6) is 5.75 Å². The third-order valence-corrected chi connectivity index (χ3v) is 8.07. The second kappa shape index (κ2) is 21.1. The minimum Gasteiger partial charge on any atom is -0.491 e. The monoisotopic (exact) mass is 560 g/mol. The van der Waals surface area contributed by atoms with E-state index in [1.54, 1.807) is 0 Å². The summed E-state index contributed by atoms with van der Waals surface area (Å²) in [7, 11) is -4.08. The summed E-state index contributed by atoms with van der Waals surface area (Å²) in [5.41, 5.74) is 3.90. The highest BCUT2D eigenvalue weighted by molar-refractivity contribution is 7.47. The van der Waals surface area contributed by atoms with Crippen LogP contribution in [0.4, 0.5) is 0 Å². The van der Waals surface area contributed by atoms with Crippen molar-refractivity contribution in [3.8, 4) is 5.75 Å². The van der Waals surface area contributed by atoms with Crippen LogP contribution < -0.4 is 4.74 Å². The molecule has 6 heteroatoms. The van der Waals surface area contributed by atoms with Crippen LogP contribution in [0.1, 0.15) is 114 Å². The second-order valence-electron chi connectivity index (χ2n) is 10.6. The molecule has 0 radical (unpaired) electrons. The van der Waals surface area contributed by atoms with Gasteiger partial charge in [0, 0.05) is 0 Å². The Labute approximate surface area is 238 Å². The predicted molar refractivity (Wildman–Crippen MR) is 163 cm³/mol. The molecule has 1 unspecified atom stereocenters. The molecule has 2 rings (SSSR count). The normalized spacial score (nSPS) is 12.9. The largest absolute Gasteiger partial charge is 0.491 e. The lowest BCUT2D eigenvalue weighted by Crippen LogP contribution is -2.07. The third-order valence-electron chi connectivity index (χ3n) is 7.06. The van der Waals surface area contributed by atoms with Crippen LogP contribution in [-0.4, -0.2) is 24.7 Å². The van der Waals surface area contributed by atoms with Gasteiger partial charge in [0.2, 0.25) is 0 Å². The number of hydrogen-bond donors (Lipinski definition) is 1. The fourth-order valence-electron chi connectivity index (χ4n) is 4.65. The van der Waals surface area contributed by atoms with Crippen molar-refractivity contribution in [3.05, 3.63) is 65.2 Å². The number of rotatable bonds is 24. The SMILES string of the molecule is CCCCCCCCc1ccc(CCCOP(=O)(O)OCCOc2ccc(CCCCCCCC)cc2)cc1. The minimum absolute atomic E-state index is 0.00659. The van der Waals surface area contributed by atoms with Gasteiger partial charge in [-0.2, -0.15) is 0 Å². The summed E-state index contributed by atoms with van der Waals surface area (Å²) in [4.78, 5) is 9.94. The van der Waals surface area contributed by atoms with Crippen LogP contribution in [0.3, 0.4) is 0 Å². The number of unbranched alkanes of at least 4 members (excludes halogenated alkanes) is 10. The first-order valence-corrected chi connectivity index (χ1v) is 16.9. The summed E-state index contributed by atoms with van der Waals surface area (Å²) in [6.45, 7) is 4.85. The zero-order valence-corrected chi connectivity index (χ0v) is 25.5. The maximum Gasteiger partial charge on any atom is 0.472 e. The molecule has 0 aromatic heterocycles. The highest BCUT2D eigenvalue weighted by Gasteiger charge is 2.20. The van der Waals surface area contributed by atoms with Crippen LogP contribution in [0, 0.1) is 0 Å². The van der Waals surface area contributed by atoms with Gasteiger partial charge in [0.15, 0.2) is 0 Å². The Morgan fingerprint density at radius 1 is 0.538 bits per heavy atom. The van der Waals surface area contributed by atoms with Gasteiger partial charge in [-0.25, -0.2) is 4.57 Å². The van der Waals surface area contributed by atoms with Crippen molar-refractivity contribution in [2.24, 2.45) is 0 Å². The average Bonchev–Trinajstić information content (AvgIpc) is 2.94. The molecule has 1 N–H and O–H groups in total. The Morgan fingerprint density at radius 3 is 1.46 bits per heavy atom. The first-order chi connectivity index (χ1) is 19.0. The molecule has 5 nitrogen and oxygen atoms in total. The van der Waals surface area contributed by atoms with E-state index in [4.69, 9.17) is 13.8 Å². The van der Waals surface area contributed by atoms with Gasteiger partial charge in [-0.05, 0) is 67.3 Å². The highest BCUT2D eigenvalue weighted by Crippen LogP contribution is 2.43. The van der Waals surface area contributed by atoms with Crippen LogP contribution >= 0.6 is 7.82 Å². The van der Waals surface area contributed by atoms with Crippen LogP contribution in [0.25, 0.3) is 0 Å². The summed E-state index contributed by atoms with van der Waals surface area (Å²) < 4.78 is 28.0. The fraction of sp³-hybridized carbons (Fsp3) is 0.636. The van der Waals surface area contributed by atoms with E-state index >= 15 is 0 Å². The van der Waals surface area contributed by atoms with E-state index in [-0.39, 0.29) is 19.8 Å². The maximum atomic E-state index is 12.1. The van der Waals surface area contributed by atoms with Crippen molar-refractivity contribution >= 4 is 7.82 Å². The lowest BCUT2D eigenvalue weighted by Gasteiger charge is -2.13. The van der Waals surface area contributed by atoms with E-state index in [0.29, 0.717) is 6.42 Å². The van der Waals surface area contributed by atoms with Gasteiger partial charge >= 0.3 is 7.82 Å². The molecule has 39 heavy (non-hydrogen) atoms. The molecular weight excluding hydrogens is 507 g/mol. The zero-order chi connectivity index (χ0) is 28.0. The molecule has 0 aliphatic carbocycles. The molecule has 0 fully saturated rings. The number of phosphoric ester groups is 1. The van der Waals surface area contributed by atoms with E-state index in [0.717, 1.165) is 25.0 Å². The number of aryl methyl sites for hydroxylation is 3. The molecule has 0 heterocycles. The zero-order valence-electron chi connectivity index (χ0n) is 24.6. The van der Waals surface area contributed by atoms with Crippen LogP contribution in [0.2, 0.25) is 0 Å². The van der Waals surface area contributed by atoms with Crippen molar-refractivity contribution in [1.29, 1.82) is 0 Å².